The van der Waals surface area contributed by atoms with Gasteiger partial charge >= 0.3 is 0 Å². The Morgan fingerprint density at radius 2 is 1.28 bits per heavy atom. The Morgan fingerprint density at radius 1 is 0.528 bits per heavy atom. The molecule has 8 rings (SSSR count). The number of furan rings is 1. The summed E-state index contributed by atoms with van der Waals surface area (Å²) in [4.78, 5) is 10.0. The highest BCUT2D eigenvalue weighted by atomic mass is 16.3. The number of para-hydroxylation sites is 1. The third-order valence-electron chi connectivity index (χ3n) is 7.01. The maximum atomic E-state index is 6.03. The predicted molar refractivity (Wildman–Crippen MR) is 146 cm³/mol. The molecule has 0 aliphatic heterocycles. The van der Waals surface area contributed by atoms with Gasteiger partial charge in [0.1, 0.15) is 22.3 Å². The lowest BCUT2D eigenvalue weighted by Gasteiger charge is -2.10. The van der Waals surface area contributed by atoms with Gasteiger partial charge in [0.05, 0.1) is 5.69 Å². The van der Waals surface area contributed by atoms with E-state index in [2.05, 4.69) is 83.3 Å². The van der Waals surface area contributed by atoms with Crippen molar-refractivity contribution < 1.29 is 4.42 Å². The van der Waals surface area contributed by atoms with Crippen molar-refractivity contribution in [2.24, 2.45) is 0 Å². The van der Waals surface area contributed by atoms with E-state index in [1.165, 1.54) is 0 Å². The number of imidazole rings is 1. The van der Waals surface area contributed by atoms with Crippen molar-refractivity contribution in [1.82, 2.24) is 14.4 Å². The van der Waals surface area contributed by atoms with Gasteiger partial charge in [-0.3, -0.25) is 4.40 Å². The van der Waals surface area contributed by atoms with Crippen LogP contribution in [0.25, 0.3) is 71.9 Å². The standard InChI is InChI=1S/C32H19N3O/c1-2-12-25-24(11-1)30(34-32-31(25)33-29-14-5-6-17-35(29)32)22-9-7-8-20(18-22)21-15-16-28-26(19-21)23-10-3-4-13-27(23)36-28/h1-19H. The van der Waals surface area contributed by atoms with Gasteiger partial charge in [-0.1, -0.05) is 72.8 Å². The smallest absolute Gasteiger partial charge is 0.165 e. The molecule has 0 saturated carbocycles. The molecule has 0 bridgehead atoms. The molecular formula is C32H19N3O. The fourth-order valence-corrected chi connectivity index (χ4v) is 5.30. The molecular weight excluding hydrogens is 442 g/mol. The minimum Gasteiger partial charge on any atom is -0.456 e. The van der Waals surface area contributed by atoms with Gasteiger partial charge in [-0.2, -0.15) is 0 Å². The number of rotatable bonds is 2. The van der Waals surface area contributed by atoms with Gasteiger partial charge in [0.2, 0.25) is 0 Å². The van der Waals surface area contributed by atoms with Gasteiger partial charge in [-0.05, 0) is 47.5 Å². The highest BCUT2D eigenvalue weighted by Crippen LogP contribution is 2.36. The Balaban J connectivity index is 1.36. The SMILES string of the molecule is c1cc(-c2ccc3oc4ccccc4c3c2)cc(-c2nc3c(nc4ccccn43)c3ccccc23)c1. The molecule has 0 saturated heterocycles. The summed E-state index contributed by atoms with van der Waals surface area (Å²) >= 11 is 0. The molecule has 4 heteroatoms. The molecule has 0 aliphatic rings. The van der Waals surface area contributed by atoms with Crippen molar-refractivity contribution in [1.29, 1.82) is 0 Å². The van der Waals surface area contributed by atoms with Crippen molar-refractivity contribution in [2.75, 3.05) is 0 Å². The molecule has 4 aromatic heterocycles. The average molecular weight is 462 g/mol. The van der Waals surface area contributed by atoms with Crippen LogP contribution in [0.3, 0.4) is 0 Å². The van der Waals surface area contributed by atoms with Gasteiger partial charge in [0.25, 0.3) is 0 Å². The van der Waals surface area contributed by atoms with E-state index in [1.807, 2.05) is 36.5 Å². The van der Waals surface area contributed by atoms with E-state index in [-0.39, 0.29) is 0 Å². The Morgan fingerprint density at radius 3 is 2.22 bits per heavy atom. The van der Waals surface area contributed by atoms with E-state index >= 15 is 0 Å². The number of hydrogen-bond acceptors (Lipinski definition) is 3. The number of nitrogens with zero attached hydrogens (tertiary/aromatic N) is 3. The van der Waals surface area contributed by atoms with Crippen LogP contribution in [0, 0.1) is 0 Å². The van der Waals surface area contributed by atoms with Crippen LogP contribution >= 0.6 is 0 Å². The van der Waals surface area contributed by atoms with E-state index < -0.39 is 0 Å². The fraction of sp³-hybridized carbons (Fsp3) is 0. The summed E-state index contributed by atoms with van der Waals surface area (Å²) in [5.74, 6) is 0. The zero-order valence-corrected chi connectivity index (χ0v) is 19.2. The van der Waals surface area contributed by atoms with Crippen molar-refractivity contribution in [3.8, 4) is 22.4 Å². The third-order valence-corrected chi connectivity index (χ3v) is 7.01. The van der Waals surface area contributed by atoms with E-state index in [0.717, 1.165) is 71.9 Å². The number of hydrogen-bond donors (Lipinski definition) is 0. The van der Waals surface area contributed by atoms with Gasteiger partial charge in [0, 0.05) is 33.3 Å². The zero-order chi connectivity index (χ0) is 23.6. The number of aromatic nitrogens is 3. The van der Waals surface area contributed by atoms with E-state index in [1.54, 1.807) is 0 Å². The second-order valence-electron chi connectivity index (χ2n) is 9.11. The maximum Gasteiger partial charge on any atom is 0.165 e. The van der Waals surface area contributed by atoms with Crippen molar-refractivity contribution in [3.63, 3.8) is 0 Å². The molecule has 0 spiro atoms. The van der Waals surface area contributed by atoms with Gasteiger partial charge in [-0.25, -0.2) is 9.97 Å². The lowest BCUT2D eigenvalue weighted by atomic mass is 9.97. The maximum absolute atomic E-state index is 6.03. The summed E-state index contributed by atoms with van der Waals surface area (Å²) in [6, 6.07) is 37.7. The lowest BCUT2D eigenvalue weighted by Crippen LogP contribution is -1.92. The number of pyridine rings is 2. The number of benzene rings is 4. The molecule has 36 heavy (non-hydrogen) atoms. The Hall–Kier alpha value is -4.96. The van der Waals surface area contributed by atoms with Crippen LogP contribution in [-0.4, -0.2) is 14.4 Å². The van der Waals surface area contributed by atoms with Gasteiger partial charge in [-0.15, -0.1) is 0 Å². The average Bonchev–Trinajstić information content (AvgIpc) is 3.51. The molecule has 4 aromatic carbocycles. The summed E-state index contributed by atoms with van der Waals surface area (Å²) in [6.07, 6.45) is 2.02. The Bertz CT molecular complexity index is 2120. The molecule has 8 aromatic rings. The van der Waals surface area contributed by atoms with Crippen molar-refractivity contribution >= 4 is 49.5 Å². The normalized spacial score (nSPS) is 11.9. The highest BCUT2D eigenvalue weighted by molar-refractivity contribution is 6.10. The molecule has 0 aliphatic carbocycles. The second-order valence-corrected chi connectivity index (χ2v) is 9.11. The molecule has 4 nitrogen and oxygen atoms in total. The van der Waals surface area contributed by atoms with Crippen LogP contribution in [0.5, 0.6) is 0 Å². The molecule has 0 amide bonds. The first-order chi connectivity index (χ1) is 17.8. The van der Waals surface area contributed by atoms with Crippen LogP contribution in [0.2, 0.25) is 0 Å². The van der Waals surface area contributed by atoms with E-state index in [4.69, 9.17) is 14.4 Å². The fourth-order valence-electron chi connectivity index (χ4n) is 5.30. The Labute approximate surface area is 206 Å². The molecule has 4 heterocycles. The summed E-state index contributed by atoms with van der Waals surface area (Å²) < 4.78 is 8.10. The zero-order valence-electron chi connectivity index (χ0n) is 19.2. The lowest BCUT2D eigenvalue weighted by molar-refractivity contribution is 0.669. The highest BCUT2D eigenvalue weighted by Gasteiger charge is 2.15. The number of fused-ring (bicyclic) bond motifs is 8. The van der Waals surface area contributed by atoms with E-state index in [0.29, 0.717) is 0 Å². The molecule has 0 fully saturated rings. The minimum atomic E-state index is 0.871. The summed E-state index contributed by atoms with van der Waals surface area (Å²) in [5.41, 5.74) is 8.84. The topological polar surface area (TPSA) is 43.3 Å². The Kier molecular flexibility index (Phi) is 3.91. The molecule has 168 valence electrons. The molecule has 0 unspecified atom stereocenters. The quantitative estimate of drug-likeness (QED) is 0.260. The molecule has 0 N–H and O–H groups in total. The summed E-state index contributed by atoms with van der Waals surface area (Å²) in [5, 5.41) is 4.47. The van der Waals surface area contributed by atoms with Crippen LogP contribution < -0.4 is 0 Å². The van der Waals surface area contributed by atoms with Crippen LogP contribution in [-0.2, 0) is 0 Å². The van der Waals surface area contributed by atoms with E-state index in [9.17, 15) is 0 Å². The first kappa shape index (κ1) is 19.4. The first-order valence-corrected chi connectivity index (χ1v) is 12.0. The summed E-state index contributed by atoms with van der Waals surface area (Å²) in [6.45, 7) is 0. The summed E-state index contributed by atoms with van der Waals surface area (Å²) in [7, 11) is 0. The van der Waals surface area contributed by atoms with Crippen LogP contribution in [0.4, 0.5) is 0 Å². The van der Waals surface area contributed by atoms with Crippen LogP contribution in [0.1, 0.15) is 0 Å². The van der Waals surface area contributed by atoms with Gasteiger partial charge < -0.3 is 4.42 Å². The van der Waals surface area contributed by atoms with Gasteiger partial charge in [0.15, 0.2) is 5.65 Å². The molecule has 0 radical (unpaired) electrons. The first-order valence-electron chi connectivity index (χ1n) is 12.0. The predicted octanol–water partition coefficient (Wildman–Crippen LogP) is 8.27. The monoisotopic (exact) mass is 461 g/mol. The van der Waals surface area contributed by atoms with Crippen LogP contribution in [0.15, 0.2) is 120 Å². The second kappa shape index (κ2) is 7.27. The minimum absolute atomic E-state index is 0.871. The molecule has 0 atom stereocenters. The largest absolute Gasteiger partial charge is 0.456 e. The van der Waals surface area contributed by atoms with Crippen molar-refractivity contribution in [2.45, 2.75) is 0 Å². The third kappa shape index (κ3) is 2.75. The van der Waals surface area contributed by atoms with Crippen molar-refractivity contribution in [3.05, 3.63) is 115 Å².